The molecule has 0 aromatic rings. The van der Waals surface area contributed by atoms with E-state index >= 15 is 0 Å². The summed E-state index contributed by atoms with van der Waals surface area (Å²) >= 11 is 0. The van der Waals surface area contributed by atoms with Gasteiger partial charge in [-0.05, 0) is 6.16 Å². The van der Waals surface area contributed by atoms with E-state index in [9.17, 15) is 0 Å². The van der Waals surface area contributed by atoms with Crippen LogP contribution >= 0.6 is 0 Å². The van der Waals surface area contributed by atoms with Crippen LogP contribution in [0.4, 0.5) is 4.79 Å². The van der Waals surface area contributed by atoms with Gasteiger partial charge in [-0.1, -0.05) is 0 Å². The molecule has 0 N–H and O–H groups in total. The maximum Gasteiger partial charge on any atom is 2.00 e. The summed E-state index contributed by atoms with van der Waals surface area (Å²) in [5.41, 5.74) is 0. The van der Waals surface area contributed by atoms with Crippen LogP contribution in [0.15, 0.2) is 0 Å². The second kappa shape index (κ2) is 9.12. The normalized spacial score (nSPS) is 4.00. The van der Waals surface area contributed by atoms with Gasteiger partial charge in [-0.25, -0.2) is 0 Å². The Labute approximate surface area is 61.4 Å². The zero-order valence-corrected chi connectivity index (χ0v) is 5.30. The van der Waals surface area contributed by atoms with Crippen molar-refractivity contribution in [2.45, 2.75) is 0 Å². The Hall–Kier alpha value is 0.556. The molecule has 0 atom stereocenters. The van der Waals surface area contributed by atoms with Crippen LogP contribution in [0.3, 0.4) is 0 Å². The van der Waals surface area contributed by atoms with Gasteiger partial charge in [0.25, 0.3) is 0 Å². The third-order valence-corrected chi connectivity index (χ3v) is 0. The van der Waals surface area contributed by atoms with E-state index in [1.54, 1.807) is 0 Å². The molecule has 0 saturated heterocycles. The largest absolute Gasteiger partial charge is 2.00 e. The summed E-state index contributed by atoms with van der Waals surface area (Å²) in [4.78, 5) is 8.33. The standard InChI is InChI=1S/CH2O3.Fe.Mg/c2-1(3)4;;/h(H2,2,3,4);;/q;2*+2/p-2. The summed E-state index contributed by atoms with van der Waals surface area (Å²) in [5.74, 6) is 0. The number of hydrogen-bond acceptors (Lipinski definition) is 3. The van der Waals surface area contributed by atoms with Gasteiger partial charge in [0.05, 0.1) is 0 Å². The predicted molar refractivity (Wildman–Crippen MR) is 11.1 cm³/mol. The minimum atomic E-state index is -2.33. The first-order chi connectivity index (χ1) is 1.73. The van der Waals surface area contributed by atoms with Crippen molar-refractivity contribution in [3.05, 3.63) is 0 Å². The molecule has 5 heteroatoms. The van der Waals surface area contributed by atoms with Crippen LogP contribution in [-0.2, 0) is 17.1 Å². The topological polar surface area (TPSA) is 63.2 Å². The maximum absolute atomic E-state index is 8.33. The van der Waals surface area contributed by atoms with Crippen molar-refractivity contribution in [2.75, 3.05) is 0 Å². The summed E-state index contributed by atoms with van der Waals surface area (Å²) < 4.78 is 0. The van der Waals surface area contributed by atoms with E-state index in [4.69, 9.17) is 15.0 Å². The minimum absolute atomic E-state index is 0. The second-order valence-electron chi connectivity index (χ2n) is 0.250. The van der Waals surface area contributed by atoms with Crippen LogP contribution in [0.5, 0.6) is 0 Å². The Kier molecular flexibility index (Phi) is 24.3. The molecule has 0 aliphatic carbocycles. The molecule has 0 rings (SSSR count). The molecule has 0 radical (unpaired) electrons. The summed E-state index contributed by atoms with van der Waals surface area (Å²) in [6.07, 6.45) is -2.33. The van der Waals surface area contributed by atoms with Crippen LogP contribution in [0.25, 0.3) is 0 Å². The minimum Gasteiger partial charge on any atom is -0.652 e. The first kappa shape index (κ1) is 16.0. The maximum atomic E-state index is 8.33. The van der Waals surface area contributed by atoms with Crippen LogP contribution in [0.1, 0.15) is 0 Å². The van der Waals surface area contributed by atoms with E-state index in [1.807, 2.05) is 0 Å². The number of rotatable bonds is 0. The van der Waals surface area contributed by atoms with Gasteiger partial charge in [-0.15, -0.1) is 0 Å². The van der Waals surface area contributed by atoms with E-state index in [-0.39, 0.29) is 40.1 Å². The molecule has 30 valence electrons. The smallest absolute Gasteiger partial charge is 0.652 e. The van der Waals surface area contributed by atoms with Gasteiger partial charge in [0.1, 0.15) is 0 Å². The summed E-state index contributed by atoms with van der Waals surface area (Å²) in [6.45, 7) is 0. The molecular weight excluding hydrogens is 140 g/mol. The van der Waals surface area contributed by atoms with Crippen LogP contribution in [0, 0.1) is 0 Å². The molecule has 3 nitrogen and oxygen atoms in total. The third-order valence-electron chi connectivity index (χ3n) is 0. The molecule has 0 saturated carbocycles. The van der Waals surface area contributed by atoms with Crippen LogP contribution < -0.4 is 10.2 Å². The van der Waals surface area contributed by atoms with Crippen molar-refractivity contribution in [1.29, 1.82) is 0 Å². The molecule has 0 aliphatic rings. The predicted octanol–water partition coefficient (Wildman–Crippen LogP) is -2.83. The summed E-state index contributed by atoms with van der Waals surface area (Å²) in [5, 5.41) is 16.7. The van der Waals surface area contributed by atoms with Gasteiger partial charge in [0.2, 0.25) is 0 Å². The fraction of sp³-hybridized carbons (Fsp3) is 0. The van der Waals surface area contributed by atoms with Gasteiger partial charge in [0.15, 0.2) is 0 Å². The summed E-state index contributed by atoms with van der Waals surface area (Å²) in [6, 6.07) is 0. The number of hydrogen-bond donors (Lipinski definition) is 0. The van der Waals surface area contributed by atoms with Gasteiger partial charge in [0, 0.05) is 0 Å². The average Bonchev–Trinajstić information content (AvgIpc) is 0.811. The number of carboxylic acid groups (broad SMARTS) is 2. The van der Waals surface area contributed by atoms with Crippen molar-refractivity contribution in [3.63, 3.8) is 0 Å². The van der Waals surface area contributed by atoms with Crippen molar-refractivity contribution >= 4 is 29.2 Å². The summed E-state index contributed by atoms with van der Waals surface area (Å²) in [7, 11) is 0. The van der Waals surface area contributed by atoms with Crippen molar-refractivity contribution < 1.29 is 32.1 Å². The van der Waals surface area contributed by atoms with Crippen LogP contribution in [0.2, 0.25) is 0 Å². The zero-order chi connectivity index (χ0) is 3.58. The molecule has 0 unspecified atom stereocenters. The van der Waals surface area contributed by atoms with E-state index in [1.165, 1.54) is 0 Å². The second-order valence-corrected chi connectivity index (χ2v) is 0.250. The Morgan fingerprint density at radius 2 is 1.33 bits per heavy atom. The first-order valence-electron chi connectivity index (χ1n) is 0.612. The van der Waals surface area contributed by atoms with Crippen LogP contribution in [-0.4, -0.2) is 29.2 Å². The van der Waals surface area contributed by atoms with Gasteiger partial charge in [-0.2, -0.15) is 0 Å². The Morgan fingerprint density at radius 1 is 1.33 bits per heavy atom. The van der Waals surface area contributed by atoms with E-state index < -0.39 is 6.16 Å². The molecule has 0 aromatic carbocycles. The molecule has 0 aliphatic heterocycles. The number of carbonyl (C=O) groups is 1. The van der Waals surface area contributed by atoms with Crippen molar-refractivity contribution in [1.82, 2.24) is 0 Å². The molecule has 0 heterocycles. The molecule has 0 spiro atoms. The fourth-order valence-corrected chi connectivity index (χ4v) is 0. The quantitative estimate of drug-likeness (QED) is 0.341. The molecule has 0 amide bonds. The van der Waals surface area contributed by atoms with Crippen molar-refractivity contribution in [2.24, 2.45) is 0 Å². The molecule has 0 aromatic heterocycles. The van der Waals surface area contributed by atoms with E-state index in [0.717, 1.165) is 0 Å². The van der Waals surface area contributed by atoms with Crippen molar-refractivity contribution in [3.8, 4) is 0 Å². The Morgan fingerprint density at radius 3 is 1.33 bits per heavy atom. The first-order valence-corrected chi connectivity index (χ1v) is 0.612. The zero-order valence-electron chi connectivity index (χ0n) is 2.79. The number of carbonyl (C=O) groups excluding carboxylic acids is 1. The fourth-order valence-electron chi connectivity index (χ4n) is 0. The monoisotopic (exact) mass is 140 g/mol. The van der Waals surface area contributed by atoms with E-state index in [0.29, 0.717) is 0 Å². The average molecular weight is 140 g/mol. The molecule has 0 bridgehead atoms. The van der Waals surface area contributed by atoms with Gasteiger partial charge < -0.3 is 15.0 Å². The van der Waals surface area contributed by atoms with Gasteiger partial charge >= 0.3 is 40.1 Å². The SMILES string of the molecule is O=C([O-])[O-].[Fe+2].[Mg+2]. The molecule has 6 heavy (non-hydrogen) atoms. The molecule has 0 fully saturated rings. The Bertz CT molecular complexity index is 33.8. The third kappa shape index (κ3) is 187. The Balaban J connectivity index is -0.0000000450. The molecular formula is CFeMgO3+2. The van der Waals surface area contributed by atoms with Gasteiger partial charge in [-0.3, -0.25) is 0 Å². The van der Waals surface area contributed by atoms with E-state index in [2.05, 4.69) is 0 Å².